The zero-order valence-corrected chi connectivity index (χ0v) is 16.0. The number of hydrogen-bond acceptors (Lipinski definition) is 6. The molecule has 140 valence electrons. The molecule has 6 nitrogen and oxygen atoms in total. The van der Waals surface area contributed by atoms with Crippen LogP contribution >= 0.6 is 11.6 Å². The third-order valence-corrected chi connectivity index (χ3v) is 4.04. The van der Waals surface area contributed by atoms with E-state index in [9.17, 15) is 0 Å². The Morgan fingerprint density at radius 1 is 0.963 bits per heavy atom. The van der Waals surface area contributed by atoms with E-state index in [0.29, 0.717) is 29.8 Å². The Kier molecular flexibility index (Phi) is 6.33. The van der Waals surface area contributed by atoms with Crippen LogP contribution in [0.5, 0.6) is 11.5 Å². The molecule has 2 aromatic carbocycles. The fourth-order valence-corrected chi connectivity index (χ4v) is 2.63. The monoisotopic (exact) mass is 384 g/mol. The van der Waals surface area contributed by atoms with Gasteiger partial charge in [-0.1, -0.05) is 23.7 Å². The van der Waals surface area contributed by atoms with Crippen molar-refractivity contribution in [1.82, 2.24) is 9.97 Å². The van der Waals surface area contributed by atoms with E-state index >= 15 is 0 Å². The summed E-state index contributed by atoms with van der Waals surface area (Å²) in [5.74, 6) is 3.64. The van der Waals surface area contributed by atoms with Crippen molar-refractivity contribution in [3.05, 3.63) is 65.4 Å². The van der Waals surface area contributed by atoms with Crippen molar-refractivity contribution in [3.8, 4) is 11.5 Å². The van der Waals surface area contributed by atoms with E-state index in [1.807, 2.05) is 61.5 Å². The van der Waals surface area contributed by atoms with Gasteiger partial charge in [0.1, 0.15) is 35.6 Å². The summed E-state index contributed by atoms with van der Waals surface area (Å²) in [5, 5.41) is 7.09. The number of hydrogen-bond donors (Lipinski definition) is 2. The lowest BCUT2D eigenvalue weighted by Crippen LogP contribution is -2.13. The number of nitrogens with zero attached hydrogens (tertiary/aromatic N) is 2. The molecule has 0 amide bonds. The number of rotatable bonds is 8. The summed E-state index contributed by atoms with van der Waals surface area (Å²) in [6.45, 7) is 2.95. The van der Waals surface area contributed by atoms with Gasteiger partial charge in [-0.2, -0.15) is 0 Å². The zero-order chi connectivity index (χ0) is 19.1. The normalized spacial score (nSPS) is 10.3. The molecular weight excluding hydrogens is 364 g/mol. The van der Waals surface area contributed by atoms with Crippen molar-refractivity contribution < 1.29 is 9.47 Å². The summed E-state index contributed by atoms with van der Waals surface area (Å²) in [4.78, 5) is 8.80. The lowest BCUT2D eigenvalue weighted by Gasteiger charge is -2.12. The Balaban J connectivity index is 1.55. The van der Waals surface area contributed by atoms with Crippen LogP contribution in [0.4, 0.5) is 17.3 Å². The van der Waals surface area contributed by atoms with Gasteiger partial charge in [0.15, 0.2) is 0 Å². The van der Waals surface area contributed by atoms with Gasteiger partial charge in [-0.05, 0) is 43.3 Å². The van der Waals surface area contributed by atoms with Gasteiger partial charge in [-0.3, -0.25) is 0 Å². The molecule has 3 rings (SSSR count). The predicted molar refractivity (Wildman–Crippen MR) is 108 cm³/mol. The minimum absolute atomic E-state index is 0.503. The van der Waals surface area contributed by atoms with Gasteiger partial charge in [-0.15, -0.1) is 0 Å². The van der Waals surface area contributed by atoms with Gasteiger partial charge < -0.3 is 20.1 Å². The molecule has 0 fully saturated rings. The Morgan fingerprint density at radius 3 is 2.41 bits per heavy atom. The number of methoxy groups -OCH3 is 1. The van der Waals surface area contributed by atoms with Crippen molar-refractivity contribution >= 4 is 28.9 Å². The van der Waals surface area contributed by atoms with E-state index in [2.05, 4.69) is 20.6 Å². The third kappa shape index (κ3) is 5.49. The number of anilines is 3. The summed E-state index contributed by atoms with van der Waals surface area (Å²) in [6, 6.07) is 16.8. The fourth-order valence-electron chi connectivity index (χ4n) is 2.44. The molecule has 0 unspecified atom stereocenters. The van der Waals surface area contributed by atoms with Crippen LogP contribution in [0.25, 0.3) is 0 Å². The van der Waals surface area contributed by atoms with Crippen LogP contribution in [0.1, 0.15) is 5.82 Å². The van der Waals surface area contributed by atoms with Crippen LogP contribution in [0.3, 0.4) is 0 Å². The topological polar surface area (TPSA) is 68.3 Å². The summed E-state index contributed by atoms with van der Waals surface area (Å²) < 4.78 is 10.8. The predicted octanol–water partition coefficient (Wildman–Crippen LogP) is 4.68. The molecule has 2 N–H and O–H groups in total. The third-order valence-electron chi connectivity index (χ3n) is 3.71. The molecule has 0 radical (unpaired) electrons. The summed E-state index contributed by atoms with van der Waals surface area (Å²) in [7, 11) is 1.64. The average molecular weight is 385 g/mol. The van der Waals surface area contributed by atoms with E-state index in [-0.39, 0.29) is 0 Å². The highest BCUT2D eigenvalue weighted by atomic mass is 35.5. The largest absolute Gasteiger partial charge is 0.497 e. The van der Waals surface area contributed by atoms with E-state index in [0.717, 1.165) is 23.0 Å². The van der Waals surface area contributed by atoms with Crippen LogP contribution in [-0.2, 0) is 0 Å². The molecule has 0 aliphatic carbocycles. The summed E-state index contributed by atoms with van der Waals surface area (Å²) in [5.41, 5.74) is 0.797. The Labute approximate surface area is 163 Å². The first-order valence-electron chi connectivity index (χ1n) is 8.52. The maximum absolute atomic E-state index is 6.19. The average Bonchev–Trinajstić information content (AvgIpc) is 2.67. The van der Waals surface area contributed by atoms with Crippen molar-refractivity contribution in [2.75, 3.05) is 30.9 Å². The van der Waals surface area contributed by atoms with E-state index in [1.54, 1.807) is 7.11 Å². The van der Waals surface area contributed by atoms with E-state index in [4.69, 9.17) is 21.1 Å². The van der Waals surface area contributed by atoms with Gasteiger partial charge in [0.05, 0.1) is 24.4 Å². The van der Waals surface area contributed by atoms with Crippen molar-refractivity contribution in [2.24, 2.45) is 0 Å². The summed E-state index contributed by atoms with van der Waals surface area (Å²) in [6.07, 6.45) is 0. The maximum atomic E-state index is 6.19. The smallest absolute Gasteiger partial charge is 0.136 e. The molecule has 0 aliphatic rings. The van der Waals surface area contributed by atoms with Gasteiger partial charge in [0, 0.05) is 6.07 Å². The second-order valence-corrected chi connectivity index (χ2v) is 6.15. The van der Waals surface area contributed by atoms with Crippen molar-refractivity contribution in [2.45, 2.75) is 6.92 Å². The molecule has 3 aromatic rings. The number of aryl methyl sites for hydroxylation is 1. The number of aromatic nitrogens is 2. The quantitative estimate of drug-likeness (QED) is 0.549. The standard InChI is InChI=1S/C20H21ClN4O2/c1-14-23-19(13-20(24-14)25-18-6-4-3-5-17(18)21)22-11-12-27-16-9-7-15(26-2)8-10-16/h3-10,13H,11-12H2,1-2H3,(H2,22,23,24,25). The van der Waals surface area contributed by atoms with Crippen LogP contribution in [0.15, 0.2) is 54.6 Å². The SMILES string of the molecule is COc1ccc(OCCNc2cc(Nc3ccccc3Cl)nc(C)n2)cc1. The van der Waals surface area contributed by atoms with Crippen molar-refractivity contribution in [1.29, 1.82) is 0 Å². The molecule has 0 bridgehead atoms. The van der Waals surface area contributed by atoms with Crippen LogP contribution in [-0.4, -0.2) is 30.2 Å². The van der Waals surface area contributed by atoms with E-state index < -0.39 is 0 Å². The minimum Gasteiger partial charge on any atom is -0.497 e. The van der Waals surface area contributed by atoms with Gasteiger partial charge in [0.2, 0.25) is 0 Å². The second-order valence-electron chi connectivity index (χ2n) is 5.74. The van der Waals surface area contributed by atoms with Gasteiger partial charge >= 0.3 is 0 Å². The first kappa shape index (κ1) is 18.8. The fraction of sp³-hybridized carbons (Fsp3) is 0.200. The Morgan fingerprint density at radius 2 is 1.67 bits per heavy atom. The highest BCUT2D eigenvalue weighted by molar-refractivity contribution is 6.33. The van der Waals surface area contributed by atoms with Crippen LogP contribution < -0.4 is 20.1 Å². The molecule has 7 heteroatoms. The van der Waals surface area contributed by atoms with E-state index in [1.165, 1.54) is 0 Å². The number of halogens is 1. The van der Waals surface area contributed by atoms with Gasteiger partial charge in [-0.25, -0.2) is 9.97 Å². The van der Waals surface area contributed by atoms with Crippen LogP contribution in [0, 0.1) is 6.92 Å². The number of nitrogens with one attached hydrogen (secondary N) is 2. The molecule has 0 aliphatic heterocycles. The minimum atomic E-state index is 0.503. The molecule has 0 saturated heterocycles. The summed E-state index contributed by atoms with van der Waals surface area (Å²) >= 11 is 6.19. The lowest BCUT2D eigenvalue weighted by molar-refractivity contribution is 0.331. The zero-order valence-electron chi connectivity index (χ0n) is 15.2. The molecular formula is C20H21ClN4O2. The Bertz CT molecular complexity index is 887. The first-order valence-corrected chi connectivity index (χ1v) is 8.90. The molecule has 1 aromatic heterocycles. The first-order chi connectivity index (χ1) is 13.1. The molecule has 0 saturated carbocycles. The highest BCUT2D eigenvalue weighted by Crippen LogP contribution is 2.24. The molecule has 0 atom stereocenters. The second kappa shape index (κ2) is 9.09. The Hall–Kier alpha value is -2.99. The lowest BCUT2D eigenvalue weighted by atomic mass is 10.3. The number of para-hydroxylation sites is 1. The molecule has 27 heavy (non-hydrogen) atoms. The molecule has 0 spiro atoms. The molecule has 1 heterocycles. The number of benzene rings is 2. The maximum Gasteiger partial charge on any atom is 0.136 e. The highest BCUT2D eigenvalue weighted by Gasteiger charge is 2.05. The van der Waals surface area contributed by atoms with Gasteiger partial charge in [0.25, 0.3) is 0 Å². The number of ether oxygens (including phenoxy) is 2. The van der Waals surface area contributed by atoms with Crippen LogP contribution in [0.2, 0.25) is 5.02 Å². The van der Waals surface area contributed by atoms with Crippen molar-refractivity contribution in [3.63, 3.8) is 0 Å².